The predicted octanol–water partition coefficient (Wildman–Crippen LogP) is 6.80. The van der Waals surface area contributed by atoms with Gasteiger partial charge in [-0.05, 0) is 62.1 Å². The van der Waals surface area contributed by atoms with E-state index >= 15 is 0 Å². The van der Waals surface area contributed by atoms with Crippen LogP contribution in [0.3, 0.4) is 0 Å². The van der Waals surface area contributed by atoms with Crippen LogP contribution in [0.4, 0.5) is 0 Å². The van der Waals surface area contributed by atoms with E-state index in [1.807, 2.05) is 0 Å². The molecule has 0 unspecified atom stereocenters. The van der Waals surface area contributed by atoms with Gasteiger partial charge in [-0.25, -0.2) is 0 Å². The minimum absolute atomic E-state index is 0.365. The molecule has 8 rings (SSSR count). The SMILES string of the molecule is O=C1[C@]2(c3ccccc3)c3c(c4ccccc4c4ccccc34)[C@@]1(c1ccccc1)[C@H]1C[C@H]12. The van der Waals surface area contributed by atoms with Gasteiger partial charge in [0.2, 0.25) is 0 Å². The van der Waals surface area contributed by atoms with Crippen molar-refractivity contribution in [3.05, 3.63) is 131 Å². The van der Waals surface area contributed by atoms with Gasteiger partial charge in [0.1, 0.15) is 0 Å². The third kappa shape index (κ3) is 1.80. The molecule has 0 aromatic heterocycles. The highest BCUT2D eigenvalue weighted by atomic mass is 16.1. The van der Waals surface area contributed by atoms with Crippen molar-refractivity contribution in [2.45, 2.75) is 17.3 Å². The summed E-state index contributed by atoms with van der Waals surface area (Å²) in [5.74, 6) is 1.12. The monoisotopic (exact) mass is 422 g/mol. The van der Waals surface area contributed by atoms with Crippen molar-refractivity contribution in [3.63, 3.8) is 0 Å². The smallest absolute Gasteiger partial charge is 0.163 e. The van der Waals surface area contributed by atoms with Gasteiger partial charge in [0.05, 0.1) is 10.8 Å². The summed E-state index contributed by atoms with van der Waals surface area (Å²) in [7, 11) is 0. The minimum atomic E-state index is -0.569. The Bertz CT molecular complexity index is 1500. The van der Waals surface area contributed by atoms with Gasteiger partial charge in [-0.2, -0.15) is 0 Å². The molecule has 0 amide bonds. The first-order valence-electron chi connectivity index (χ1n) is 11.9. The molecule has 2 saturated carbocycles. The standard InChI is InChI=1S/C32H22O/c33-30-31(20-11-3-1-4-12-20)26-19-27(26)32(30,21-13-5-2-6-14-21)29-25-18-10-8-16-23(25)22-15-7-9-17-24(22)28(29)31/h1-18,26-27H,19H2/t26-,27+,31+,32-. The molecule has 0 N–H and O–H groups in total. The number of Topliss-reactive ketones (excluding diaryl/α,β-unsaturated/α-hetero) is 1. The molecule has 5 aromatic rings. The average Bonchev–Trinajstić information content (AvgIpc) is 3.62. The molecule has 5 aromatic carbocycles. The summed E-state index contributed by atoms with van der Waals surface area (Å²) in [5, 5.41) is 4.99. The average molecular weight is 423 g/mol. The Morgan fingerprint density at radius 3 is 1.27 bits per heavy atom. The molecule has 33 heavy (non-hydrogen) atoms. The van der Waals surface area contributed by atoms with Gasteiger partial charge >= 0.3 is 0 Å². The molecule has 156 valence electrons. The second kappa shape index (κ2) is 5.80. The van der Waals surface area contributed by atoms with Crippen LogP contribution in [0.25, 0.3) is 21.5 Å². The number of benzene rings is 5. The minimum Gasteiger partial charge on any atom is -0.297 e. The van der Waals surface area contributed by atoms with Crippen molar-refractivity contribution >= 4 is 27.3 Å². The molecule has 0 heterocycles. The lowest BCUT2D eigenvalue weighted by atomic mass is 9.68. The van der Waals surface area contributed by atoms with Gasteiger partial charge in [-0.15, -0.1) is 0 Å². The van der Waals surface area contributed by atoms with Crippen molar-refractivity contribution in [1.82, 2.24) is 0 Å². The number of carbonyl (C=O) groups excluding carboxylic acids is 1. The molecule has 4 atom stereocenters. The largest absolute Gasteiger partial charge is 0.297 e. The molecule has 0 spiro atoms. The third-order valence-electron chi connectivity index (χ3n) is 8.80. The van der Waals surface area contributed by atoms with Gasteiger partial charge in [0.15, 0.2) is 5.78 Å². The Morgan fingerprint density at radius 2 is 0.848 bits per heavy atom. The topological polar surface area (TPSA) is 17.1 Å². The summed E-state index contributed by atoms with van der Waals surface area (Å²) in [5.41, 5.74) is 3.74. The molecule has 1 nitrogen and oxygen atoms in total. The van der Waals surface area contributed by atoms with Gasteiger partial charge in [-0.3, -0.25) is 4.79 Å². The maximum absolute atomic E-state index is 15.0. The molecule has 3 aliphatic rings. The molecule has 1 heteroatoms. The molecule has 0 radical (unpaired) electrons. The van der Waals surface area contributed by atoms with Gasteiger partial charge in [-0.1, -0.05) is 109 Å². The summed E-state index contributed by atoms with van der Waals surface area (Å²) in [4.78, 5) is 15.0. The van der Waals surface area contributed by atoms with E-state index in [4.69, 9.17) is 0 Å². The first-order valence-corrected chi connectivity index (χ1v) is 11.9. The van der Waals surface area contributed by atoms with E-state index < -0.39 is 10.8 Å². The third-order valence-corrected chi connectivity index (χ3v) is 8.80. The fraction of sp³-hybridized carbons (Fsp3) is 0.156. The lowest BCUT2D eigenvalue weighted by Crippen LogP contribution is -2.39. The number of fused-ring (bicyclic) bond motifs is 13. The zero-order chi connectivity index (χ0) is 21.8. The summed E-state index contributed by atoms with van der Waals surface area (Å²) in [6.45, 7) is 0. The molecule has 0 saturated heterocycles. The molecule has 3 aliphatic carbocycles. The summed E-state index contributed by atoms with van der Waals surface area (Å²) < 4.78 is 0. The maximum atomic E-state index is 15.0. The number of hydrogen-bond donors (Lipinski definition) is 0. The van der Waals surface area contributed by atoms with Crippen LogP contribution >= 0.6 is 0 Å². The van der Waals surface area contributed by atoms with E-state index in [1.54, 1.807) is 0 Å². The Balaban J connectivity index is 1.66. The van der Waals surface area contributed by atoms with Gasteiger partial charge in [0, 0.05) is 0 Å². The lowest BCUT2D eigenvalue weighted by molar-refractivity contribution is -0.124. The van der Waals surface area contributed by atoms with Crippen LogP contribution < -0.4 is 0 Å². The summed E-state index contributed by atoms with van der Waals surface area (Å²) >= 11 is 0. The zero-order valence-electron chi connectivity index (χ0n) is 18.2. The molecule has 2 bridgehead atoms. The predicted molar refractivity (Wildman–Crippen MR) is 133 cm³/mol. The fourth-order valence-electron chi connectivity index (χ4n) is 7.74. The molecular formula is C32H22O. The first-order chi connectivity index (χ1) is 16.3. The second-order valence-corrected chi connectivity index (χ2v) is 9.97. The van der Waals surface area contributed by atoms with Crippen molar-refractivity contribution < 1.29 is 4.79 Å². The Hall–Kier alpha value is -3.71. The van der Waals surface area contributed by atoms with Crippen LogP contribution in [0.1, 0.15) is 28.7 Å². The molecule has 0 aliphatic heterocycles. The van der Waals surface area contributed by atoms with E-state index in [1.165, 1.54) is 43.8 Å². The fourth-order valence-corrected chi connectivity index (χ4v) is 7.74. The van der Waals surface area contributed by atoms with Crippen LogP contribution in [0.2, 0.25) is 0 Å². The van der Waals surface area contributed by atoms with Crippen LogP contribution in [0.15, 0.2) is 109 Å². The van der Waals surface area contributed by atoms with E-state index in [-0.39, 0.29) is 0 Å². The Morgan fingerprint density at radius 1 is 0.485 bits per heavy atom. The number of rotatable bonds is 2. The van der Waals surface area contributed by atoms with Crippen LogP contribution in [-0.2, 0) is 15.6 Å². The summed E-state index contributed by atoms with van der Waals surface area (Å²) in [6.07, 6.45) is 1.10. The highest BCUT2D eigenvalue weighted by Crippen LogP contribution is 2.79. The normalized spacial score (nSPS) is 28.8. The van der Waals surface area contributed by atoms with Crippen LogP contribution in [0.5, 0.6) is 0 Å². The van der Waals surface area contributed by atoms with Gasteiger partial charge in [0.25, 0.3) is 0 Å². The number of hydrogen-bond acceptors (Lipinski definition) is 1. The van der Waals surface area contributed by atoms with Crippen LogP contribution in [0, 0.1) is 11.8 Å². The van der Waals surface area contributed by atoms with Crippen LogP contribution in [-0.4, -0.2) is 5.78 Å². The number of carbonyl (C=O) groups is 1. The highest BCUT2D eigenvalue weighted by molar-refractivity contribution is 6.23. The van der Waals surface area contributed by atoms with E-state index in [0.29, 0.717) is 17.6 Å². The number of ketones is 1. The maximum Gasteiger partial charge on any atom is 0.163 e. The first kappa shape index (κ1) is 17.8. The van der Waals surface area contributed by atoms with E-state index in [0.717, 1.165) is 6.42 Å². The van der Waals surface area contributed by atoms with E-state index in [2.05, 4.69) is 109 Å². The Labute approximate surface area is 192 Å². The second-order valence-electron chi connectivity index (χ2n) is 9.97. The zero-order valence-corrected chi connectivity index (χ0v) is 18.2. The van der Waals surface area contributed by atoms with Gasteiger partial charge < -0.3 is 0 Å². The Kier molecular flexibility index (Phi) is 3.13. The summed E-state index contributed by atoms with van der Waals surface area (Å²) in [6, 6.07) is 38.7. The van der Waals surface area contributed by atoms with Crippen molar-refractivity contribution in [2.75, 3.05) is 0 Å². The van der Waals surface area contributed by atoms with E-state index in [9.17, 15) is 4.79 Å². The van der Waals surface area contributed by atoms with Crippen molar-refractivity contribution in [1.29, 1.82) is 0 Å². The highest BCUT2D eigenvalue weighted by Gasteiger charge is 2.82. The van der Waals surface area contributed by atoms with Crippen molar-refractivity contribution in [3.8, 4) is 0 Å². The molecular weight excluding hydrogens is 400 g/mol. The quantitative estimate of drug-likeness (QED) is 0.286. The molecule has 2 fully saturated rings. The van der Waals surface area contributed by atoms with Crippen molar-refractivity contribution in [2.24, 2.45) is 11.8 Å². The lowest BCUT2D eigenvalue weighted by Gasteiger charge is -2.32.